The van der Waals surface area contributed by atoms with Gasteiger partial charge in [-0.3, -0.25) is 9.59 Å². The average Bonchev–Trinajstić information content (AvgIpc) is 3.39. The number of nitrogens with one attached hydrogen (secondary N) is 2. The topological polar surface area (TPSA) is 97.0 Å². The van der Waals surface area contributed by atoms with Crippen LogP contribution in [0, 0.1) is 11.8 Å². The van der Waals surface area contributed by atoms with Gasteiger partial charge in [-0.1, -0.05) is 27.6 Å². The third kappa shape index (κ3) is 6.86. The molecular weight excluding hydrogens is 312 g/mol. The Bertz CT molecular complexity index is 652. The molecule has 0 aromatic carbocycles. The largest absolute Gasteiger partial charge is 0.464 e. The first kappa shape index (κ1) is 11.8. The zero-order chi connectivity index (χ0) is 24.2. The van der Waals surface area contributed by atoms with E-state index in [9.17, 15) is 14.4 Å². The van der Waals surface area contributed by atoms with Gasteiger partial charge < -0.3 is 20.1 Å². The molecule has 1 aliphatic rings. The number of hydrogen-bond acceptors (Lipinski definition) is 5. The van der Waals surface area contributed by atoms with Gasteiger partial charge >= 0.3 is 5.97 Å². The van der Waals surface area contributed by atoms with Crippen molar-refractivity contribution >= 4 is 17.8 Å². The van der Waals surface area contributed by atoms with Gasteiger partial charge in [-0.15, -0.1) is 0 Å². The highest BCUT2D eigenvalue weighted by Gasteiger charge is 2.52. The first-order valence-electron chi connectivity index (χ1n) is 11.5. The van der Waals surface area contributed by atoms with E-state index in [0.29, 0.717) is 0 Å². The molecule has 0 unspecified atom stereocenters. The van der Waals surface area contributed by atoms with Crippen molar-refractivity contribution in [3.8, 4) is 0 Å². The monoisotopic (exact) mass is 349 g/mol. The Morgan fingerprint density at radius 2 is 2.00 bits per heavy atom. The normalized spacial score (nSPS) is 26.4. The van der Waals surface area contributed by atoms with Gasteiger partial charge in [0.15, 0.2) is 12.2 Å². The Morgan fingerprint density at radius 3 is 2.58 bits per heavy atom. The zero-order valence-corrected chi connectivity index (χ0v) is 14.2. The minimum atomic E-state index is -3.08. The number of carbonyl (C=O) groups excluding carboxylic acids is 3. The Labute approximate surface area is 153 Å². The number of epoxide rings is 1. The fraction of sp³-hybridized carbons (Fsp3) is 0.824. The van der Waals surface area contributed by atoms with Gasteiger partial charge in [-0.05, 0) is 31.6 Å². The van der Waals surface area contributed by atoms with E-state index in [1.165, 1.54) is 0 Å². The van der Waals surface area contributed by atoms with E-state index < -0.39 is 62.1 Å². The lowest BCUT2D eigenvalue weighted by atomic mass is 10.0. The molecule has 138 valence electrons. The SMILES string of the molecule is [2H]C([2H])([2H])C([2H])(CCNC(=O)[C@H](CC(C)C)NC(=O)[C@H]1O[C@@H]1C(=O)OCC)C([2H])([2H])[2H]. The molecule has 1 heterocycles. The Morgan fingerprint density at radius 1 is 1.29 bits per heavy atom. The van der Waals surface area contributed by atoms with E-state index in [4.69, 9.17) is 19.1 Å². The van der Waals surface area contributed by atoms with Crippen molar-refractivity contribution in [3.05, 3.63) is 0 Å². The summed E-state index contributed by atoms with van der Waals surface area (Å²) in [4.78, 5) is 36.5. The summed E-state index contributed by atoms with van der Waals surface area (Å²) < 4.78 is 62.1. The standard InChI is InChI=1S/C17H30N2O5/c1-6-23-17(22)14-13(24-14)16(21)19-12(9-11(4)5)15(20)18-8-7-10(2)3/h10-14H,6-9H2,1-5H3,(H,18,20)(H,19,21)/t12-,13-,14-/m0/s1/i2D3,3D3,10D. The van der Waals surface area contributed by atoms with Crippen LogP contribution in [-0.2, 0) is 23.9 Å². The molecule has 0 aliphatic carbocycles. The molecule has 0 radical (unpaired) electrons. The molecule has 0 aromatic heterocycles. The van der Waals surface area contributed by atoms with Crippen LogP contribution in [0.4, 0.5) is 0 Å². The molecule has 1 rings (SSSR count). The molecule has 0 aromatic rings. The number of rotatable bonds is 10. The van der Waals surface area contributed by atoms with Gasteiger partial charge in [0.2, 0.25) is 5.91 Å². The van der Waals surface area contributed by atoms with Gasteiger partial charge in [-0.25, -0.2) is 4.79 Å². The van der Waals surface area contributed by atoms with E-state index in [-0.39, 0.29) is 25.5 Å². The predicted molar refractivity (Wildman–Crippen MR) is 89.1 cm³/mol. The molecule has 7 nitrogen and oxygen atoms in total. The number of ether oxygens (including phenoxy) is 2. The number of carbonyl (C=O) groups is 3. The lowest BCUT2D eigenvalue weighted by Crippen LogP contribution is -2.49. The maximum Gasteiger partial charge on any atom is 0.338 e. The average molecular weight is 349 g/mol. The van der Waals surface area contributed by atoms with Crippen molar-refractivity contribution in [2.24, 2.45) is 11.8 Å². The van der Waals surface area contributed by atoms with Crippen molar-refractivity contribution in [1.29, 1.82) is 0 Å². The molecule has 0 bridgehead atoms. The maximum absolute atomic E-state index is 12.6. The second kappa shape index (κ2) is 9.61. The van der Waals surface area contributed by atoms with Gasteiger partial charge in [-0.2, -0.15) is 0 Å². The van der Waals surface area contributed by atoms with E-state index in [1.54, 1.807) is 6.92 Å². The van der Waals surface area contributed by atoms with Crippen LogP contribution in [0.15, 0.2) is 0 Å². The third-order valence-corrected chi connectivity index (χ3v) is 3.28. The van der Waals surface area contributed by atoms with Crippen LogP contribution in [0.25, 0.3) is 0 Å². The second-order valence-corrected chi connectivity index (χ2v) is 5.94. The molecule has 2 N–H and O–H groups in total. The minimum Gasteiger partial charge on any atom is -0.464 e. The Balaban J connectivity index is 2.73. The summed E-state index contributed by atoms with van der Waals surface area (Å²) in [5, 5.41) is 4.89. The fourth-order valence-corrected chi connectivity index (χ4v) is 2.11. The summed E-state index contributed by atoms with van der Waals surface area (Å²) in [6.07, 6.45) is -2.48. The third-order valence-electron chi connectivity index (χ3n) is 3.28. The first-order valence-corrected chi connectivity index (χ1v) is 7.95. The highest BCUT2D eigenvalue weighted by molar-refractivity contribution is 5.95. The van der Waals surface area contributed by atoms with Crippen LogP contribution in [0.1, 0.15) is 56.9 Å². The number of hydrogen-bond donors (Lipinski definition) is 2. The predicted octanol–water partition coefficient (Wildman–Crippen LogP) is 1.01. The van der Waals surface area contributed by atoms with Crippen molar-refractivity contribution < 1.29 is 33.5 Å². The van der Waals surface area contributed by atoms with E-state index in [2.05, 4.69) is 10.6 Å². The maximum atomic E-state index is 12.6. The molecule has 24 heavy (non-hydrogen) atoms. The van der Waals surface area contributed by atoms with Crippen molar-refractivity contribution in [2.75, 3.05) is 13.2 Å². The lowest BCUT2D eigenvalue weighted by molar-refractivity contribution is -0.144. The molecular formula is C17H30N2O5. The van der Waals surface area contributed by atoms with Crippen LogP contribution in [0.3, 0.4) is 0 Å². The van der Waals surface area contributed by atoms with E-state index in [1.807, 2.05) is 13.8 Å². The minimum absolute atomic E-state index is 0.00274. The van der Waals surface area contributed by atoms with Crippen LogP contribution in [-0.4, -0.2) is 49.2 Å². The number of amides is 2. The summed E-state index contributed by atoms with van der Waals surface area (Å²) in [5.74, 6) is -4.75. The molecule has 1 saturated heterocycles. The highest BCUT2D eigenvalue weighted by atomic mass is 16.6. The van der Waals surface area contributed by atoms with E-state index >= 15 is 0 Å². The quantitative estimate of drug-likeness (QED) is 0.453. The second-order valence-electron chi connectivity index (χ2n) is 5.94. The summed E-state index contributed by atoms with van der Waals surface area (Å²) >= 11 is 0. The summed E-state index contributed by atoms with van der Waals surface area (Å²) in [5.41, 5.74) is 0. The van der Waals surface area contributed by atoms with Gasteiger partial charge in [0, 0.05) is 16.1 Å². The smallest absolute Gasteiger partial charge is 0.338 e. The fourth-order valence-electron chi connectivity index (χ4n) is 2.11. The summed E-state index contributed by atoms with van der Waals surface area (Å²) in [7, 11) is 0. The van der Waals surface area contributed by atoms with Crippen LogP contribution in [0.5, 0.6) is 0 Å². The molecule has 0 saturated carbocycles. The van der Waals surface area contributed by atoms with Crippen molar-refractivity contribution in [1.82, 2.24) is 10.6 Å². The summed E-state index contributed by atoms with van der Waals surface area (Å²) in [6, 6.07) is -1.01. The highest BCUT2D eigenvalue weighted by Crippen LogP contribution is 2.24. The van der Waals surface area contributed by atoms with Crippen LogP contribution >= 0.6 is 0 Å². The van der Waals surface area contributed by atoms with Crippen LogP contribution < -0.4 is 10.6 Å². The molecule has 0 spiro atoms. The lowest BCUT2D eigenvalue weighted by Gasteiger charge is -2.20. The van der Waals surface area contributed by atoms with Crippen molar-refractivity contribution in [2.45, 2.75) is 65.6 Å². The Hall–Kier alpha value is -1.63. The van der Waals surface area contributed by atoms with Crippen LogP contribution in [0.2, 0.25) is 0 Å². The molecule has 3 atom stereocenters. The molecule has 1 aliphatic heterocycles. The first-order chi connectivity index (χ1) is 14.0. The van der Waals surface area contributed by atoms with Gasteiger partial charge in [0.1, 0.15) is 6.04 Å². The number of esters is 1. The zero-order valence-electron chi connectivity index (χ0n) is 21.2. The summed E-state index contributed by atoms with van der Waals surface area (Å²) in [6.45, 7) is -1.16. The Kier molecular flexibility index (Phi) is 4.74. The molecule has 1 fully saturated rings. The van der Waals surface area contributed by atoms with E-state index in [0.717, 1.165) is 0 Å². The van der Waals surface area contributed by atoms with Gasteiger partial charge in [0.25, 0.3) is 5.91 Å². The molecule has 2 amide bonds. The van der Waals surface area contributed by atoms with Crippen molar-refractivity contribution in [3.63, 3.8) is 0 Å². The molecule has 7 heteroatoms. The van der Waals surface area contributed by atoms with Gasteiger partial charge in [0.05, 0.1) is 6.61 Å².